The van der Waals surface area contributed by atoms with Crippen LogP contribution in [0, 0.1) is 11.8 Å². The lowest BCUT2D eigenvalue weighted by Gasteiger charge is -2.32. The summed E-state index contributed by atoms with van der Waals surface area (Å²) < 4.78 is 0. The number of likely N-dealkylation sites (N-methyl/N-ethyl adjacent to an activating group) is 1. The smallest absolute Gasteiger partial charge is 0.261 e. The van der Waals surface area contributed by atoms with Crippen LogP contribution in [-0.4, -0.2) is 76.3 Å². The van der Waals surface area contributed by atoms with Gasteiger partial charge in [-0.05, 0) is 68.6 Å². The Balaban J connectivity index is 1.24. The molecule has 5 atom stereocenters. The van der Waals surface area contributed by atoms with Gasteiger partial charge in [-0.3, -0.25) is 28.9 Å². The zero-order valence-corrected chi connectivity index (χ0v) is 27.7. The maximum atomic E-state index is 14.2. The van der Waals surface area contributed by atoms with Crippen molar-refractivity contribution in [2.45, 2.75) is 69.2 Å². The van der Waals surface area contributed by atoms with Gasteiger partial charge in [-0.1, -0.05) is 73.2 Å². The number of hydrogen-bond donors (Lipinski definition) is 3. The predicted octanol–water partition coefficient (Wildman–Crippen LogP) is 4.35. The van der Waals surface area contributed by atoms with Gasteiger partial charge in [0, 0.05) is 26.1 Å². The molecule has 10 heteroatoms. The van der Waals surface area contributed by atoms with E-state index in [-0.39, 0.29) is 47.9 Å². The third-order valence-corrected chi connectivity index (χ3v) is 9.88. The summed E-state index contributed by atoms with van der Waals surface area (Å²) in [6.07, 6.45) is 12.3. The fourth-order valence-corrected chi connectivity index (χ4v) is 7.08. The molecule has 248 valence electrons. The number of nitrogens with zero attached hydrogens (tertiary/aromatic N) is 2. The molecule has 2 aliphatic heterocycles. The zero-order chi connectivity index (χ0) is 33.3. The van der Waals surface area contributed by atoms with E-state index in [0.29, 0.717) is 62.7 Å². The van der Waals surface area contributed by atoms with Crippen LogP contribution in [0.25, 0.3) is 0 Å². The Hall–Kier alpha value is -4.18. The van der Waals surface area contributed by atoms with E-state index >= 15 is 0 Å². The van der Waals surface area contributed by atoms with Gasteiger partial charge in [0.05, 0.1) is 16.4 Å². The van der Waals surface area contributed by atoms with Crippen LogP contribution in [0.5, 0.6) is 0 Å². The number of unbranched alkanes of at least 4 members (excludes halogenated alkanes) is 1. The fourth-order valence-electron chi connectivity index (χ4n) is 6.83. The molecule has 0 spiro atoms. The van der Waals surface area contributed by atoms with Crippen molar-refractivity contribution in [3.8, 4) is 0 Å². The van der Waals surface area contributed by atoms with Crippen LogP contribution in [0.4, 0.5) is 0 Å². The molecule has 0 aromatic heterocycles. The predicted molar refractivity (Wildman–Crippen MR) is 184 cm³/mol. The zero-order valence-electron chi connectivity index (χ0n) is 26.8. The summed E-state index contributed by atoms with van der Waals surface area (Å²) in [6, 6.07) is 15.0. The van der Waals surface area contributed by atoms with Crippen molar-refractivity contribution in [1.82, 2.24) is 20.4 Å². The van der Waals surface area contributed by atoms with Gasteiger partial charge >= 0.3 is 0 Å². The van der Waals surface area contributed by atoms with Gasteiger partial charge in [0.15, 0.2) is 0 Å². The van der Waals surface area contributed by atoms with Crippen LogP contribution in [-0.2, 0) is 20.8 Å². The highest BCUT2D eigenvalue weighted by atomic mass is 32.1. The molecule has 1 fully saturated rings. The first-order valence-corrected chi connectivity index (χ1v) is 17.2. The minimum Gasteiger partial charge on any atom is -0.355 e. The van der Waals surface area contributed by atoms with E-state index in [9.17, 15) is 24.0 Å². The second-order valence-corrected chi connectivity index (χ2v) is 13.1. The van der Waals surface area contributed by atoms with E-state index in [4.69, 9.17) is 0 Å². The molecule has 5 amide bonds. The monoisotopic (exact) mass is 656 g/mol. The first-order chi connectivity index (χ1) is 22.8. The van der Waals surface area contributed by atoms with Crippen molar-refractivity contribution in [3.05, 3.63) is 95.6 Å². The summed E-state index contributed by atoms with van der Waals surface area (Å²) in [7, 11) is 0. The number of benzene rings is 2. The van der Waals surface area contributed by atoms with Gasteiger partial charge in [0.2, 0.25) is 17.7 Å². The highest BCUT2D eigenvalue weighted by Gasteiger charge is 2.40. The first-order valence-electron chi connectivity index (χ1n) is 16.7. The Bertz CT molecular complexity index is 1490. The lowest BCUT2D eigenvalue weighted by atomic mass is 9.81. The van der Waals surface area contributed by atoms with Crippen LogP contribution >= 0.6 is 12.6 Å². The number of thiol groups is 1. The molecule has 0 bridgehead atoms. The second kappa shape index (κ2) is 16.1. The molecule has 2 heterocycles. The average Bonchev–Trinajstić information content (AvgIpc) is 3.22. The van der Waals surface area contributed by atoms with Crippen LogP contribution in [0.3, 0.4) is 0 Å². The number of hydrogen-bond acceptors (Lipinski definition) is 6. The Morgan fingerprint density at radius 1 is 0.936 bits per heavy atom. The first kappa shape index (κ1) is 34.2. The molecule has 47 heavy (non-hydrogen) atoms. The van der Waals surface area contributed by atoms with Crippen molar-refractivity contribution >= 4 is 42.2 Å². The van der Waals surface area contributed by atoms with Gasteiger partial charge in [0.25, 0.3) is 11.8 Å². The number of fused-ring (bicyclic) bond motifs is 1. The summed E-state index contributed by atoms with van der Waals surface area (Å²) in [5.74, 6) is -1.02. The summed E-state index contributed by atoms with van der Waals surface area (Å²) in [4.78, 5) is 69.4. The van der Waals surface area contributed by atoms with Crippen LogP contribution in [0.15, 0.2) is 78.9 Å². The standard InChI is InChI=1S/C37H44N4O5S/c1-2-38-33(42)31(23-25-13-5-3-6-14-25)40-22-20-27(26-15-7-4-8-16-26)24-30(37(40)46)39-34(43)32(47)19-11-12-21-41-35(44)28-17-9-10-18-29(28)36(41)45/h3-10,13-15,17-18,26-27,30-32,47H,2,11-12,16,19-24H2,1H3,(H,38,42)(H,39,43)/t26?,27-,30?,31-,32?/m0/s1. The van der Waals surface area contributed by atoms with Gasteiger partial charge in [0.1, 0.15) is 12.1 Å². The molecule has 2 N–H and O–H groups in total. The van der Waals surface area contributed by atoms with Gasteiger partial charge in [-0.25, -0.2) is 0 Å². The number of likely N-dealkylation sites (tertiary alicyclic amines) is 1. The molecule has 2 aromatic rings. The van der Waals surface area contributed by atoms with Crippen LogP contribution in [0.1, 0.15) is 71.7 Å². The topological polar surface area (TPSA) is 116 Å². The summed E-state index contributed by atoms with van der Waals surface area (Å²) in [5, 5.41) is 5.24. The number of allylic oxidation sites excluding steroid dienone is 4. The minimum atomic E-state index is -0.796. The minimum absolute atomic E-state index is 0.139. The third-order valence-electron chi connectivity index (χ3n) is 9.39. The average molecular weight is 657 g/mol. The lowest BCUT2D eigenvalue weighted by Crippen LogP contribution is -2.56. The SMILES string of the molecule is CCNC(=O)[C@H](Cc1ccccc1)N1CC[C@H](C2C=CC=CC2)CC(NC(=O)C(S)CCCCN2C(=O)c3ccccc3C2=O)C1=O. The quantitative estimate of drug-likeness (QED) is 0.169. The Morgan fingerprint density at radius 2 is 1.64 bits per heavy atom. The van der Waals surface area contributed by atoms with E-state index in [1.54, 1.807) is 29.2 Å². The molecule has 1 aliphatic carbocycles. The number of imide groups is 1. The Kier molecular flexibility index (Phi) is 11.7. The maximum Gasteiger partial charge on any atom is 0.261 e. The molecule has 0 radical (unpaired) electrons. The molecule has 1 saturated heterocycles. The molecule has 5 rings (SSSR count). The van der Waals surface area contributed by atoms with Crippen molar-refractivity contribution < 1.29 is 24.0 Å². The van der Waals surface area contributed by atoms with Crippen molar-refractivity contribution in [3.63, 3.8) is 0 Å². The molecular weight excluding hydrogens is 612 g/mol. The number of carbonyl (C=O) groups is 5. The lowest BCUT2D eigenvalue weighted by molar-refractivity contribution is -0.142. The second-order valence-electron chi connectivity index (χ2n) is 12.5. The fraction of sp³-hybridized carbons (Fsp3) is 0.432. The molecule has 3 aliphatic rings. The van der Waals surface area contributed by atoms with E-state index in [1.165, 1.54) is 4.90 Å². The van der Waals surface area contributed by atoms with Crippen LogP contribution in [0.2, 0.25) is 0 Å². The van der Waals surface area contributed by atoms with E-state index in [0.717, 1.165) is 12.0 Å². The molecule has 3 unspecified atom stereocenters. The van der Waals surface area contributed by atoms with Crippen LogP contribution < -0.4 is 10.6 Å². The molecule has 9 nitrogen and oxygen atoms in total. The molecule has 0 saturated carbocycles. The number of rotatable bonds is 13. The summed E-state index contributed by atoms with van der Waals surface area (Å²) in [5.41, 5.74) is 1.79. The van der Waals surface area contributed by atoms with E-state index < -0.39 is 17.3 Å². The highest BCUT2D eigenvalue weighted by molar-refractivity contribution is 7.81. The van der Waals surface area contributed by atoms with Crippen molar-refractivity contribution in [2.75, 3.05) is 19.6 Å². The third kappa shape index (κ3) is 8.22. The summed E-state index contributed by atoms with van der Waals surface area (Å²) in [6.45, 7) is 2.98. The highest BCUT2D eigenvalue weighted by Crippen LogP contribution is 2.32. The number of carbonyl (C=O) groups excluding carboxylic acids is 5. The van der Waals surface area contributed by atoms with E-state index in [1.807, 2.05) is 49.4 Å². The molecular formula is C37H44N4O5S. The molecule has 2 aromatic carbocycles. The van der Waals surface area contributed by atoms with Gasteiger partial charge < -0.3 is 15.5 Å². The van der Waals surface area contributed by atoms with Crippen molar-refractivity contribution in [2.24, 2.45) is 11.8 Å². The Morgan fingerprint density at radius 3 is 2.30 bits per heavy atom. The number of amides is 5. The normalized spacial score (nSPS) is 22.1. The van der Waals surface area contributed by atoms with Gasteiger partial charge in [-0.15, -0.1) is 0 Å². The Labute approximate surface area is 282 Å². The largest absolute Gasteiger partial charge is 0.355 e. The van der Waals surface area contributed by atoms with Crippen molar-refractivity contribution in [1.29, 1.82) is 0 Å². The number of nitrogens with one attached hydrogen (secondary N) is 2. The summed E-state index contributed by atoms with van der Waals surface area (Å²) >= 11 is 4.58. The van der Waals surface area contributed by atoms with Gasteiger partial charge in [-0.2, -0.15) is 12.6 Å². The maximum absolute atomic E-state index is 14.2. The van der Waals surface area contributed by atoms with E-state index in [2.05, 4.69) is 35.4 Å².